The maximum Gasteiger partial charge on any atom is 0.119 e. The number of rotatable bonds is 1. The molecule has 0 amide bonds. The molecule has 0 aliphatic carbocycles. The van der Waals surface area contributed by atoms with Crippen LogP contribution in [0, 0.1) is 0 Å². The summed E-state index contributed by atoms with van der Waals surface area (Å²) in [6.45, 7) is 4.21. The van der Waals surface area contributed by atoms with Gasteiger partial charge >= 0.3 is 0 Å². The fraction of sp³-hybridized carbons (Fsp3) is 0.500. The van der Waals surface area contributed by atoms with Crippen LogP contribution in [0.15, 0.2) is 28.7 Å². The molecular weight excluding hydrogens is 176 g/mol. The Labute approximate surface area is 84.2 Å². The zero-order valence-corrected chi connectivity index (χ0v) is 8.24. The van der Waals surface area contributed by atoms with Crippen LogP contribution in [-0.4, -0.2) is 37.3 Å². The number of aliphatic imine (C=N–C) groups is 1. The highest BCUT2D eigenvalue weighted by molar-refractivity contribution is 5.79. The molecule has 2 heterocycles. The Morgan fingerprint density at radius 2 is 2.07 bits per heavy atom. The molecule has 3 N–H and O–H groups in total. The zero-order chi connectivity index (χ0) is 9.80. The molecule has 0 radical (unpaired) electrons. The predicted molar refractivity (Wildman–Crippen MR) is 57.9 cm³/mol. The minimum absolute atomic E-state index is 0.617. The summed E-state index contributed by atoms with van der Waals surface area (Å²) in [7, 11) is 0. The second-order valence-corrected chi connectivity index (χ2v) is 3.49. The van der Waals surface area contributed by atoms with Gasteiger partial charge in [-0.15, -0.1) is 0 Å². The quantitative estimate of drug-likeness (QED) is 0.617. The molecule has 0 bridgehead atoms. The van der Waals surface area contributed by atoms with Crippen LogP contribution in [-0.2, 0) is 0 Å². The van der Waals surface area contributed by atoms with Gasteiger partial charge in [-0.1, -0.05) is 6.08 Å². The Bertz CT molecular complexity index is 284. The van der Waals surface area contributed by atoms with Gasteiger partial charge in [-0.25, -0.2) is 4.99 Å². The van der Waals surface area contributed by atoms with Crippen molar-refractivity contribution in [1.82, 2.24) is 10.2 Å². The summed E-state index contributed by atoms with van der Waals surface area (Å²) < 4.78 is 0. The predicted octanol–water partition coefficient (Wildman–Crippen LogP) is 0.0501. The van der Waals surface area contributed by atoms with Crippen molar-refractivity contribution in [2.24, 2.45) is 10.7 Å². The molecule has 76 valence electrons. The molecule has 4 nitrogen and oxygen atoms in total. The van der Waals surface area contributed by atoms with Crippen molar-refractivity contribution >= 4 is 6.21 Å². The lowest BCUT2D eigenvalue weighted by Gasteiger charge is -2.29. The van der Waals surface area contributed by atoms with E-state index in [4.69, 9.17) is 5.73 Å². The average molecular weight is 192 g/mol. The summed E-state index contributed by atoms with van der Waals surface area (Å²) in [6, 6.07) is 0. The molecule has 1 saturated heterocycles. The van der Waals surface area contributed by atoms with Crippen LogP contribution >= 0.6 is 0 Å². The van der Waals surface area contributed by atoms with Crippen molar-refractivity contribution in [2.45, 2.75) is 6.42 Å². The highest BCUT2D eigenvalue weighted by Gasteiger charge is 2.11. The average Bonchev–Trinajstić information content (AvgIpc) is 2.44. The number of hydrogen-bond acceptors (Lipinski definition) is 4. The third kappa shape index (κ3) is 2.14. The lowest BCUT2D eigenvalue weighted by atomic mass is 10.2. The fourth-order valence-electron chi connectivity index (χ4n) is 1.68. The Morgan fingerprint density at radius 1 is 1.29 bits per heavy atom. The first-order valence-electron chi connectivity index (χ1n) is 5.02. The number of allylic oxidation sites excluding steroid dienone is 3. The van der Waals surface area contributed by atoms with Gasteiger partial charge in [-0.3, -0.25) is 0 Å². The molecule has 0 aromatic heterocycles. The van der Waals surface area contributed by atoms with E-state index in [0.29, 0.717) is 5.82 Å². The van der Waals surface area contributed by atoms with Crippen molar-refractivity contribution in [3.05, 3.63) is 23.7 Å². The number of nitrogens with one attached hydrogen (secondary N) is 1. The van der Waals surface area contributed by atoms with Crippen molar-refractivity contribution in [3.63, 3.8) is 0 Å². The highest BCUT2D eigenvalue weighted by atomic mass is 15.2. The molecule has 0 saturated carbocycles. The maximum absolute atomic E-state index is 5.63. The summed E-state index contributed by atoms with van der Waals surface area (Å²) in [5.41, 5.74) is 6.82. The zero-order valence-electron chi connectivity index (χ0n) is 8.24. The third-order valence-electron chi connectivity index (χ3n) is 2.48. The van der Waals surface area contributed by atoms with Crippen molar-refractivity contribution < 1.29 is 0 Å². The SMILES string of the molecule is NC1=CCC=C(N2CCNCC2)C=N1. The van der Waals surface area contributed by atoms with E-state index >= 15 is 0 Å². The summed E-state index contributed by atoms with van der Waals surface area (Å²) in [5, 5.41) is 3.33. The van der Waals surface area contributed by atoms with E-state index < -0.39 is 0 Å². The Kier molecular flexibility index (Phi) is 2.84. The lowest BCUT2D eigenvalue weighted by Crippen LogP contribution is -2.43. The van der Waals surface area contributed by atoms with Crippen LogP contribution in [0.4, 0.5) is 0 Å². The van der Waals surface area contributed by atoms with Gasteiger partial charge in [0.15, 0.2) is 0 Å². The fourth-order valence-corrected chi connectivity index (χ4v) is 1.68. The van der Waals surface area contributed by atoms with E-state index in [1.54, 1.807) is 0 Å². The van der Waals surface area contributed by atoms with E-state index in [1.165, 1.54) is 5.70 Å². The first-order valence-corrected chi connectivity index (χ1v) is 5.02. The van der Waals surface area contributed by atoms with Gasteiger partial charge in [0.25, 0.3) is 0 Å². The topological polar surface area (TPSA) is 53.6 Å². The molecule has 2 rings (SSSR count). The second-order valence-electron chi connectivity index (χ2n) is 3.49. The molecular formula is C10H16N4. The number of nitrogens with two attached hydrogens (primary N) is 1. The van der Waals surface area contributed by atoms with E-state index in [-0.39, 0.29) is 0 Å². The molecule has 0 aromatic carbocycles. The van der Waals surface area contributed by atoms with Gasteiger partial charge in [0.1, 0.15) is 5.82 Å². The summed E-state index contributed by atoms with van der Waals surface area (Å²) in [6.07, 6.45) is 6.86. The van der Waals surface area contributed by atoms with Gasteiger partial charge in [0.05, 0.1) is 11.9 Å². The summed E-state index contributed by atoms with van der Waals surface area (Å²) in [5.74, 6) is 0.617. The van der Waals surface area contributed by atoms with E-state index in [9.17, 15) is 0 Å². The Hall–Kier alpha value is -1.29. The van der Waals surface area contributed by atoms with Crippen LogP contribution in [0.25, 0.3) is 0 Å². The molecule has 2 aliphatic heterocycles. The minimum Gasteiger partial charge on any atom is -0.384 e. The summed E-state index contributed by atoms with van der Waals surface area (Å²) in [4.78, 5) is 6.50. The second kappa shape index (κ2) is 4.28. The van der Waals surface area contributed by atoms with Gasteiger partial charge in [-0.05, 0) is 12.5 Å². The molecule has 2 aliphatic rings. The van der Waals surface area contributed by atoms with Crippen molar-refractivity contribution in [3.8, 4) is 0 Å². The number of piperazine rings is 1. The van der Waals surface area contributed by atoms with Crippen LogP contribution < -0.4 is 11.1 Å². The van der Waals surface area contributed by atoms with E-state index in [0.717, 1.165) is 32.6 Å². The van der Waals surface area contributed by atoms with Gasteiger partial charge in [0, 0.05) is 26.2 Å². The lowest BCUT2D eigenvalue weighted by molar-refractivity contribution is 0.312. The van der Waals surface area contributed by atoms with Crippen LogP contribution in [0.5, 0.6) is 0 Å². The third-order valence-corrected chi connectivity index (χ3v) is 2.48. The van der Waals surface area contributed by atoms with Crippen LogP contribution in [0.3, 0.4) is 0 Å². The first-order chi connectivity index (χ1) is 6.86. The minimum atomic E-state index is 0.617. The number of nitrogens with zero attached hydrogens (tertiary/aromatic N) is 2. The standard InChI is InChI=1S/C10H16N4/c11-10-3-1-2-9(8-13-10)14-6-4-12-5-7-14/h2-3,8,12H,1,4-7,11H2. The molecule has 14 heavy (non-hydrogen) atoms. The molecule has 0 spiro atoms. The largest absolute Gasteiger partial charge is 0.384 e. The van der Waals surface area contributed by atoms with Gasteiger partial charge in [0.2, 0.25) is 0 Å². The molecule has 0 aromatic rings. The van der Waals surface area contributed by atoms with Crippen molar-refractivity contribution in [2.75, 3.05) is 26.2 Å². The number of hydrogen-bond donors (Lipinski definition) is 2. The van der Waals surface area contributed by atoms with Crippen LogP contribution in [0.2, 0.25) is 0 Å². The highest BCUT2D eigenvalue weighted by Crippen LogP contribution is 2.09. The molecule has 4 heteroatoms. The van der Waals surface area contributed by atoms with Crippen molar-refractivity contribution in [1.29, 1.82) is 0 Å². The smallest absolute Gasteiger partial charge is 0.119 e. The summed E-state index contributed by atoms with van der Waals surface area (Å²) >= 11 is 0. The molecule has 0 atom stereocenters. The monoisotopic (exact) mass is 192 g/mol. The molecule has 1 fully saturated rings. The van der Waals surface area contributed by atoms with Gasteiger partial charge in [-0.2, -0.15) is 0 Å². The van der Waals surface area contributed by atoms with E-state index in [1.807, 2.05) is 12.3 Å². The maximum atomic E-state index is 5.63. The normalized spacial score (nSPS) is 22.7. The molecule has 0 unspecified atom stereocenters. The Balaban J connectivity index is 2.03. The van der Waals surface area contributed by atoms with E-state index in [2.05, 4.69) is 21.3 Å². The van der Waals surface area contributed by atoms with Gasteiger partial charge < -0.3 is 16.0 Å². The first kappa shape index (κ1) is 9.27. The van der Waals surface area contributed by atoms with Crippen LogP contribution in [0.1, 0.15) is 6.42 Å². The Morgan fingerprint density at radius 3 is 2.86 bits per heavy atom.